The minimum atomic E-state index is -2.63. The first-order chi connectivity index (χ1) is 10.3. The van der Waals surface area contributed by atoms with Crippen molar-refractivity contribution in [3.8, 4) is 0 Å². The number of fused-ring (bicyclic) bond motifs is 1. The SMILES string of the molecule is FC(F)c1nccnc1NCC1NCCc2ccccc21. The van der Waals surface area contributed by atoms with Crippen LogP contribution in [0.4, 0.5) is 14.6 Å². The largest absolute Gasteiger partial charge is 0.366 e. The smallest absolute Gasteiger partial charge is 0.283 e. The van der Waals surface area contributed by atoms with Gasteiger partial charge < -0.3 is 10.6 Å². The minimum absolute atomic E-state index is 0.0856. The second-order valence-corrected chi connectivity index (χ2v) is 4.93. The molecule has 0 spiro atoms. The van der Waals surface area contributed by atoms with Gasteiger partial charge in [-0.25, -0.2) is 18.7 Å². The van der Waals surface area contributed by atoms with E-state index in [9.17, 15) is 8.78 Å². The number of aromatic nitrogens is 2. The highest BCUT2D eigenvalue weighted by Crippen LogP contribution is 2.25. The van der Waals surface area contributed by atoms with Crippen LogP contribution in [0.3, 0.4) is 0 Å². The lowest BCUT2D eigenvalue weighted by Crippen LogP contribution is -2.34. The van der Waals surface area contributed by atoms with E-state index in [0.717, 1.165) is 13.0 Å². The number of nitrogens with one attached hydrogen (secondary N) is 2. The number of hydrogen-bond donors (Lipinski definition) is 2. The molecule has 21 heavy (non-hydrogen) atoms. The lowest BCUT2D eigenvalue weighted by Gasteiger charge is -2.27. The second-order valence-electron chi connectivity index (χ2n) is 4.93. The van der Waals surface area contributed by atoms with Gasteiger partial charge in [0.1, 0.15) is 5.69 Å². The molecule has 0 saturated heterocycles. The van der Waals surface area contributed by atoms with E-state index in [2.05, 4.69) is 32.7 Å². The summed E-state index contributed by atoms with van der Waals surface area (Å²) < 4.78 is 25.7. The van der Waals surface area contributed by atoms with Gasteiger partial charge in [-0.15, -0.1) is 0 Å². The van der Waals surface area contributed by atoms with Gasteiger partial charge in [0.05, 0.1) is 0 Å². The van der Waals surface area contributed by atoms with Crippen LogP contribution in [-0.2, 0) is 6.42 Å². The molecule has 1 unspecified atom stereocenters. The highest BCUT2D eigenvalue weighted by atomic mass is 19.3. The van der Waals surface area contributed by atoms with Crippen molar-refractivity contribution in [3.05, 3.63) is 53.5 Å². The number of halogens is 2. The summed E-state index contributed by atoms with van der Waals surface area (Å²) >= 11 is 0. The Morgan fingerprint density at radius 3 is 2.90 bits per heavy atom. The summed E-state index contributed by atoms with van der Waals surface area (Å²) in [5.74, 6) is 0.150. The molecule has 2 heterocycles. The summed E-state index contributed by atoms with van der Waals surface area (Å²) in [7, 11) is 0. The molecule has 0 aliphatic carbocycles. The molecule has 6 heteroatoms. The monoisotopic (exact) mass is 290 g/mol. The maximum Gasteiger partial charge on any atom is 0.283 e. The van der Waals surface area contributed by atoms with Crippen LogP contribution in [0, 0.1) is 0 Å². The first-order valence-electron chi connectivity index (χ1n) is 6.90. The van der Waals surface area contributed by atoms with Crippen LogP contribution in [0.15, 0.2) is 36.7 Å². The zero-order valence-corrected chi connectivity index (χ0v) is 11.4. The van der Waals surface area contributed by atoms with Crippen molar-refractivity contribution in [1.82, 2.24) is 15.3 Å². The Bertz CT molecular complexity index is 618. The topological polar surface area (TPSA) is 49.8 Å². The molecule has 0 radical (unpaired) electrons. The zero-order chi connectivity index (χ0) is 14.7. The van der Waals surface area contributed by atoms with Gasteiger partial charge >= 0.3 is 0 Å². The van der Waals surface area contributed by atoms with Crippen LogP contribution in [0.25, 0.3) is 0 Å². The third kappa shape index (κ3) is 3.00. The number of benzene rings is 1. The predicted molar refractivity (Wildman–Crippen MR) is 76.4 cm³/mol. The normalized spacial score (nSPS) is 17.6. The highest BCUT2D eigenvalue weighted by molar-refractivity contribution is 5.41. The van der Waals surface area contributed by atoms with Crippen molar-refractivity contribution in [1.29, 1.82) is 0 Å². The van der Waals surface area contributed by atoms with E-state index < -0.39 is 6.43 Å². The molecule has 2 N–H and O–H groups in total. The molecule has 1 aromatic heterocycles. The summed E-state index contributed by atoms with van der Waals surface area (Å²) in [6.45, 7) is 1.38. The van der Waals surface area contributed by atoms with Gasteiger partial charge in [0.25, 0.3) is 6.43 Å². The number of alkyl halides is 2. The summed E-state index contributed by atoms with van der Waals surface area (Å²) in [6, 6.07) is 8.27. The average molecular weight is 290 g/mol. The van der Waals surface area contributed by atoms with Crippen LogP contribution < -0.4 is 10.6 Å². The van der Waals surface area contributed by atoms with Crippen molar-refractivity contribution in [2.24, 2.45) is 0 Å². The molecule has 2 aromatic rings. The highest BCUT2D eigenvalue weighted by Gasteiger charge is 2.21. The molecule has 1 aliphatic heterocycles. The van der Waals surface area contributed by atoms with Crippen molar-refractivity contribution in [3.63, 3.8) is 0 Å². The summed E-state index contributed by atoms with van der Waals surface area (Å²) in [5.41, 5.74) is 2.21. The van der Waals surface area contributed by atoms with Crippen LogP contribution in [-0.4, -0.2) is 23.1 Å². The Morgan fingerprint density at radius 1 is 1.24 bits per heavy atom. The van der Waals surface area contributed by atoms with Crippen molar-refractivity contribution < 1.29 is 8.78 Å². The summed E-state index contributed by atoms with van der Waals surface area (Å²) in [5, 5.41) is 6.39. The molecule has 110 valence electrons. The molecule has 4 nitrogen and oxygen atoms in total. The van der Waals surface area contributed by atoms with E-state index in [1.807, 2.05) is 12.1 Å². The van der Waals surface area contributed by atoms with E-state index in [0.29, 0.717) is 6.54 Å². The molecule has 0 bridgehead atoms. The van der Waals surface area contributed by atoms with Crippen LogP contribution in [0.2, 0.25) is 0 Å². The van der Waals surface area contributed by atoms with Gasteiger partial charge in [0.15, 0.2) is 5.82 Å². The molecular weight excluding hydrogens is 274 g/mol. The average Bonchev–Trinajstić information content (AvgIpc) is 2.53. The Balaban J connectivity index is 1.75. The molecule has 1 aromatic carbocycles. The Kier molecular flexibility index (Phi) is 4.06. The maximum absolute atomic E-state index is 12.9. The summed E-state index contributed by atoms with van der Waals surface area (Å²) in [4.78, 5) is 7.65. The fourth-order valence-electron chi connectivity index (χ4n) is 2.62. The number of hydrogen-bond acceptors (Lipinski definition) is 4. The van der Waals surface area contributed by atoms with Crippen molar-refractivity contribution in [2.75, 3.05) is 18.4 Å². The van der Waals surface area contributed by atoms with Gasteiger partial charge in [-0.1, -0.05) is 24.3 Å². The third-order valence-corrected chi connectivity index (χ3v) is 3.62. The molecule has 0 saturated carbocycles. The summed E-state index contributed by atoms with van der Waals surface area (Å²) in [6.07, 6.45) is 1.05. The number of anilines is 1. The van der Waals surface area contributed by atoms with Crippen LogP contribution in [0.1, 0.15) is 29.3 Å². The maximum atomic E-state index is 12.9. The van der Waals surface area contributed by atoms with Crippen LogP contribution in [0.5, 0.6) is 0 Å². The molecule has 3 rings (SSSR count). The second kappa shape index (κ2) is 6.13. The molecule has 1 atom stereocenters. The van der Waals surface area contributed by atoms with E-state index in [1.165, 1.54) is 23.5 Å². The predicted octanol–water partition coefficient (Wildman–Crippen LogP) is 2.71. The molecular formula is C15H16F2N4. The molecule has 1 aliphatic rings. The number of rotatable bonds is 4. The number of nitrogens with zero attached hydrogens (tertiary/aromatic N) is 2. The minimum Gasteiger partial charge on any atom is -0.366 e. The van der Waals surface area contributed by atoms with Gasteiger partial charge in [0, 0.05) is 25.0 Å². The molecule has 0 amide bonds. The van der Waals surface area contributed by atoms with Crippen LogP contribution >= 0.6 is 0 Å². The van der Waals surface area contributed by atoms with Gasteiger partial charge in [-0.3, -0.25) is 0 Å². The van der Waals surface area contributed by atoms with Gasteiger partial charge in [-0.05, 0) is 24.1 Å². The van der Waals surface area contributed by atoms with E-state index >= 15 is 0 Å². The fourth-order valence-corrected chi connectivity index (χ4v) is 2.62. The van der Waals surface area contributed by atoms with Crippen molar-refractivity contribution >= 4 is 5.82 Å². The Morgan fingerprint density at radius 2 is 2.05 bits per heavy atom. The quantitative estimate of drug-likeness (QED) is 0.909. The van der Waals surface area contributed by atoms with E-state index in [1.54, 1.807) is 0 Å². The third-order valence-electron chi connectivity index (χ3n) is 3.62. The van der Waals surface area contributed by atoms with E-state index in [-0.39, 0.29) is 17.6 Å². The van der Waals surface area contributed by atoms with Gasteiger partial charge in [-0.2, -0.15) is 0 Å². The standard InChI is InChI=1S/C15H16F2N4/c16-14(17)13-15(20-8-7-19-13)21-9-12-11-4-2-1-3-10(11)5-6-18-12/h1-4,7-8,12,14,18H,5-6,9H2,(H,20,21). The van der Waals surface area contributed by atoms with Gasteiger partial charge in [0.2, 0.25) is 0 Å². The van der Waals surface area contributed by atoms with Crippen molar-refractivity contribution in [2.45, 2.75) is 18.9 Å². The lowest BCUT2D eigenvalue weighted by atomic mass is 9.94. The lowest BCUT2D eigenvalue weighted by molar-refractivity contribution is 0.146. The first kappa shape index (κ1) is 13.9. The zero-order valence-electron chi connectivity index (χ0n) is 11.4. The van der Waals surface area contributed by atoms with E-state index in [4.69, 9.17) is 0 Å². The molecule has 0 fully saturated rings. The first-order valence-corrected chi connectivity index (χ1v) is 6.90. The Labute approximate surface area is 121 Å². The Hall–Kier alpha value is -2.08. The fraction of sp³-hybridized carbons (Fsp3) is 0.333.